The van der Waals surface area contributed by atoms with Crippen LogP contribution in [0.25, 0.3) is 5.57 Å². The Bertz CT molecular complexity index is 1770. The van der Waals surface area contributed by atoms with E-state index in [1.165, 1.54) is 24.8 Å². The van der Waals surface area contributed by atoms with Crippen molar-refractivity contribution in [1.29, 1.82) is 0 Å². The minimum Gasteiger partial charge on any atom is -0.496 e. The normalized spacial score (nSPS) is 26.1. The molecule has 4 aliphatic rings. The van der Waals surface area contributed by atoms with Crippen molar-refractivity contribution >= 4 is 23.1 Å². The van der Waals surface area contributed by atoms with Crippen molar-refractivity contribution in [3.8, 4) is 11.5 Å². The summed E-state index contributed by atoms with van der Waals surface area (Å²) < 4.78 is 11.8. The molecule has 2 bridgehead atoms. The Hall–Kier alpha value is -3.89. The molecule has 0 spiro atoms. The average molecular weight is 751 g/mol. The van der Waals surface area contributed by atoms with Gasteiger partial charge in [0, 0.05) is 17.4 Å². The molecule has 6 heteroatoms. The number of carbonyl (C=O) groups is 3. The number of Topliss-reactive ketones (excluding diaryl/α,β-unsaturated/α-hetero) is 2. The van der Waals surface area contributed by atoms with E-state index in [0.717, 1.165) is 67.2 Å². The number of methoxy groups -OCH3 is 2. The highest BCUT2D eigenvalue weighted by Gasteiger charge is 2.55. The van der Waals surface area contributed by atoms with Gasteiger partial charge in [-0.25, -0.2) is 0 Å². The van der Waals surface area contributed by atoms with Gasteiger partial charge >= 0.3 is 5.97 Å². The van der Waals surface area contributed by atoms with Crippen molar-refractivity contribution < 1.29 is 29.0 Å². The number of allylic oxidation sites excluding steroid dienone is 7. The summed E-state index contributed by atoms with van der Waals surface area (Å²) in [7, 11) is 3.25. The zero-order valence-corrected chi connectivity index (χ0v) is 34.9. The summed E-state index contributed by atoms with van der Waals surface area (Å²) in [6.45, 7) is 17.5. The van der Waals surface area contributed by atoms with E-state index in [1.54, 1.807) is 14.2 Å². The molecule has 4 aliphatic carbocycles. The molecule has 2 fully saturated rings. The quantitative estimate of drug-likeness (QED) is 0.119. The number of carbonyl (C=O) groups excluding carboxylic acids is 2. The molecule has 0 saturated heterocycles. The number of hydrogen-bond donors (Lipinski definition) is 1. The second kappa shape index (κ2) is 18.4. The van der Waals surface area contributed by atoms with Crippen LogP contribution in [0, 0.1) is 46.8 Å². The molecule has 55 heavy (non-hydrogen) atoms. The highest BCUT2D eigenvalue weighted by Crippen LogP contribution is 2.56. The highest BCUT2D eigenvalue weighted by atomic mass is 16.5. The predicted octanol–water partition coefficient (Wildman–Crippen LogP) is 11.7. The molecule has 6 nitrogen and oxygen atoms in total. The van der Waals surface area contributed by atoms with Crippen molar-refractivity contribution in [2.75, 3.05) is 14.2 Å². The molecule has 1 aromatic carbocycles. The Morgan fingerprint density at radius 3 is 2.29 bits per heavy atom. The Labute approximate surface area is 330 Å². The van der Waals surface area contributed by atoms with E-state index in [4.69, 9.17) is 9.47 Å². The lowest BCUT2D eigenvalue weighted by molar-refractivity contribution is -0.155. The molecule has 1 aromatic rings. The van der Waals surface area contributed by atoms with Gasteiger partial charge in [0.05, 0.1) is 30.8 Å². The summed E-state index contributed by atoms with van der Waals surface area (Å²) in [6.07, 6.45) is 18.1. The topological polar surface area (TPSA) is 89.9 Å². The van der Waals surface area contributed by atoms with Gasteiger partial charge in [-0.2, -0.15) is 0 Å². The van der Waals surface area contributed by atoms with Gasteiger partial charge in [-0.15, -0.1) is 5.73 Å². The third kappa shape index (κ3) is 8.91. The van der Waals surface area contributed by atoms with Gasteiger partial charge in [-0.1, -0.05) is 97.9 Å². The van der Waals surface area contributed by atoms with Crippen LogP contribution in [0.4, 0.5) is 0 Å². The van der Waals surface area contributed by atoms with Gasteiger partial charge in [-0.05, 0) is 122 Å². The predicted molar refractivity (Wildman–Crippen MR) is 222 cm³/mol. The first-order valence-corrected chi connectivity index (χ1v) is 21.1. The summed E-state index contributed by atoms with van der Waals surface area (Å²) in [5.74, 6) is 1.50. The van der Waals surface area contributed by atoms with Gasteiger partial charge in [0.2, 0.25) is 0 Å². The number of carboxylic acids is 1. The summed E-state index contributed by atoms with van der Waals surface area (Å²) in [6, 6.07) is 5.66. The highest BCUT2D eigenvalue weighted by molar-refractivity contribution is 6.14. The third-order valence-corrected chi connectivity index (χ3v) is 13.4. The molecule has 5 rings (SSSR count). The molecule has 0 amide bonds. The number of benzene rings is 1. The maximum absolute atomic E-state index is 14.6. The fourth-order valence-corrected chi connectivity index (χ4v) is 10.3. The summed E-state index contributed by atoms with van der Waals surface area (Å²) >= 11 is 0. The Morgan fingerprint density at radius 1 is 0.964 bits per heavy atom. The molecule has 298 valence electrons. The zero-order chi connectivity index (χ0) is 40.0. The summed E-state index contributed by atoms with van der Waals surface area (Å²) in [5.41, 5.74) is 7.27. The van der Waals surface area contributed by atoms with E-state index < -0.39 is 11.4 Å². The van der Waals surface area contributed by atoms with Crippen LogP contribution in [0.3, 0.4) is 0 Å². The number of carboxylic acid groups (broad SMARTS) is 1. The third-order valence-electron chi connectivity index (χ3n) is 13.4. The fourth-order valence-electron chi connectivity index (χ4n) is 10.3. The average Bonchev–Trinajstić information content (AvgIpc) is 3.18. The monoisotopic (exact) mass is 750 g/mol. The number of ketones is 2. The van der Waals surface area contributed by atoms with E-state index in [1.807, 2.05) is 30.4 Å². The number of rotatable bonds is 18. The maximum atomic E-state index is 14.6. The van der Waals surface area contributed by atoms with Crippen molar-refractivity contribution in [1.82, 2.24) is 0 Å². The van der Waals surface area contributed by atoms with Gasteiger partial charge in [0.1, 0.15) is 11.5 Å². The Kier molecular flexibility index (Phi) is 14.1. The summed E-state index contributed by atoms with van der Waals surface area (Å²) in [4.78, 5) is 41.7. The van der Waals surface area contributed by atoms with Crippen LogP contribution in [-0.4, -0.2) is 36.9 Å². The number of fused-ring (bicyclic) bond motifs is 2. The van der Waals surface area contributed by atoms with E-state index >= 15 is 0 Å². The first-order chi connectivity index (χ1) is 26.3. The minimum atomic E-state index is -1.29. The van der Waals surface area contributed by atoms with E-state index in [-0.39, 0.29) is 40.8 Å². The van der Waals surface area contributed by atoms with E-state index in [2.05, 4.69) is 59.9 Å². The smallest absolute Gasteiger partial charge is 0.314 e. The van der Waals surface area contributed by atoms with Crippen molar-refractivity contribution in [2.45, 2.75) is 125 Å². The zero-order valence-electron chi connectivity index (χ0n) is 34.9. The lowest BCUT2D eigenvalue weighted by atomic mass is 9.53. The number of aliphatic carboxylic acids is 1. The van der Waals surface area contributed by atoms with Gasteiger partial charge in [0.25, 0.3) is 0 Å². The molecular formula is C49H66O6. The van der Waals surface area contributed by atoms with Crippen LogP contribution >= 0.6 is 0 Å². The molecule has 0 radical (unpaired) electrons. The van der Waals surface area contributed by atoms with Gasteiger partial charge in [-0.3, -0.25) is 14.4 Å². The Balaban J connectivity index is 1.54. The van der Waals surface area contributed by atoms with Gasteiger partial charge < -0.3 is 14.6 Å². The summed E-state index contributed by atoms with van der Waals surface area (Å²) in [5, 5.41) is 10.8. The van der Waals surface area contributed by atoms with Crippen LogP contribution in [0.1, 0.15) is 131 Å². The molecular weight excluding hydrogens is 685 g/mol. The molecule has 1 N–H and O–H groups in total. The van der Waals surface area contributed by atoms with Crippen LogP contribution in [0.2, 0.25) is 0 Å². The van der Waals surface area contributed by atoms with E-state index in [9.17, 15) is 19.5 Å². The minimum absolute atomic E-state index is 0.0203. The number of hydrogen-bond acceptors (Lipinski definition) is 5. The molecule has 7 atom stereocenters. The lowest BCUT2D eigenvalue weighted by Gasteiger charge is -2.49. The first-order valence-electron chi connectivity index (χ1n) is 21.1. The molecule has 7 unspecified atom stereocenters. The largest absolute Gasteiger partial charge is 0.496 e. The Morgan fingerprint density at radius 2 is 1.65 bits per heavy atom. The molecule has 0 heterocycles. The molecule has 2 saturated carbocycles. The second-order valence-electron chi connectivity index (χ2n) is 17.6. The van der Waals surface area contributed by atoms with Crippen LogP contribution in [0.15, 0.2) is 76.6 Å². The van der Waals surface area contributed by atoms with Crippen molar-refractivity contribution in [3.63, 3.8) is 0 Å². The van der Waals surface area contributed by atoms with E-state index in [0.29, 0.717) is 54.1 Å². The van der Waals surface area contributed by atoms with Crippen molar-refractivity contribution in [2.24, 2.45) is 46.8 Å². The van der Waals surface area contributed by atoms with Crippen LogP contribution in [-0.2, 0) is 14.4 Å². The second-order valence-corrected chi connectivity index (χ2v) is 17.6. The number of ether oxygens (including phenoxy) is 2. The SMILES string of the molecule is C=C(C(=O)C1=C=CC(C2=C(C(C)C)C=C(C(=O)C(C)CCCC(C)CCCC)CC2)C(c2c(OC)cccc2OC)=C1)C1(C(=O)O)CCC2CC(C)CC1C2. The maximum Gasteiger partial charge on any atom is 0.314 e. The van der Waals surface area contributed by atoms with Crippen molar-refractivity contribution in [3.05, 3.63) is 82.2 Å². The molecule has 0 aromatic heterocycles. The van der Waals surface area contributed by atoms with Gasteiger partial charge in [0.15, 0.2) is 11.6 Å². The van der Waals surface area contributed by atoms with Crippen LogP contribution < -0.4 is 9.47 Å². The number of unbranched alkanes of at least 4 members (excludes halogenated alkanes) is 1. The lowest BCUT2D eigenvalue weighted by Crippen LogP contribution is -2.49. The standard InChI is InChI=1S/C49H66O6/c1-10-11-14-31(4)15-12-16-33(6)46(50)36-19-21-39(41(28-36)30(2)3)40-22-20-37(29-42(40)45-43(54-8)17-13-18-44(45)55-9)47(51)34(7)49(48(52)53)24-23-35-25-32(5)26-38(49)27-35/h13,17-18,22,28-33,35,38,40H,7,10-12,14-16,19,21,23-27H2,1-6,8-9H3,(H,52,53). The fraction of sp³-hybridized carbons (Fsp3) is 0.592. The van der Waals surface area contributed by atoms with Crippen LogP contribution in [0.5, 0.6) is 11.5 Å². The molecule has 0 aliphatic heterocycles. The first kappa shape index (κ1) is 42.3.